The van der Waals surface area contributed by atoms with Crippen LogP contribution in [0.3, 0.4) is 0 Å². The fourth-order valence-corrected chi connectivity index (χ4v) is 5.90. The summed E-state index contributed by atoms with van der Waals surface area (Å²) in [6.45, 7) is 2.19. The van der Waals surface area contributed by atoms with Crippen LogP contribution in [0, 0.1) is 52.8 Å². The zero-order valence-corrected chi connectivity index (χ0v) is 21.4. The molecule has 2 unspecified atom stereocenters. The van der Waals surface area contributed by atoms with Gasteiger partial charge < -0.3 is 4.74 Å². The largest absolute Gasteiger partial charge is 0.432 e. The average Bonchev–Trinajstić information content (AvgIpc) is 2.87. The van der Waals surface area contributed by atoms with Crippen LogP contribution >= 0.6 is 0 Å². The minimum Gasteiger partial charge on any atom is -0.432 e. The molecule has 0 aromatic heterocycles. The molecular weight excluding hydrogens is 509 g/mol. The summed E-state index contributed by atoms with van der Waals surface area (Å²) >= 11 is 0. The van der Waals surface area contributed by atoms with Crippen molar-refractivity contribution in [3.05, 3.63) is 65.5 Å². The van der Waals surface area contributed by atoms with Crippen LogP contribution < -0.4 is 4.74 Å². The molecule has 0 N–H and O–H groups in total. The van der Waals surface area contributed by atoms with E-state index in [-0.39, 0.29) is 12.8 Å². The Labute approximate surface area is 219 Å². The quantitative estimate of drug-likeness (QED) is 0.133. The first-order valence-corrected chi connectivity index (χ1v) is 13.5. The maximum Gasteiger partial charge on any atom is 0.400 e. The van der Waals surface area contributed by atoms with Gasteiger partial charge in [0.25, 0.3) is 0 Å². The third kappa shape index (κ3) is 6.55. The van der Waals surface area contributed by atoms with Gasteiger partial charge in [0.2, 0.25) is 0 Å². The second kappa shape index (κ2) is 12.1. The van der Waals surface area contributed by atoms with Crippen LogP contribution in [0.25, 0.3) is 11.1 Å². The molecule has 2 aliphatic carbocycles. The first kappa shape index (κ1) is 28.5. The molecule has 4 rings (SSSR count). The predicted octanol–water partition coefficient (Wildman–Crippen LogP) is 9.99. The molecule has 2 aliphatic rings. The molecule has 38 heavy (non-hydrogen) atoms. The Kier molecular flexibility index (Phi) is 9.09. The van der Waals surface area contributed by atoms with Gasteiger partial charge in [-0.2, -0.15) is 8.78 Å². The first-order valence-electron chi connectivity index (χ1n) is 13.5. The highest BCUT2D eigenvalue weighted by Crippen LogP contribution is 2.45. The van der Waals surface area contributed by atoms with Gasteiger partial charge in [-0.3, -0.25) is 0 Å². The van der Waals surface area contributed by atoms with Crippen LogP contribution in [0.2, 0.25) is 0 Å². The van der Waals surface area contributed by atoms with E-state index in [0.717, 1.165) is 12.8 Å². The Hall–Kier alpha value is -2.51. The van der Waals surface area contributed by atoms with E-state index in [0.29, 0.717) is 54.9 Å². The fraction of sp³-hybridized carbons (Fsp3) is 0.533. The number of alkyl halides is 2. The van der Waals surface area contributed by atoms with Crippen molar-refractivity contribution in [3.63, 3.8) is 0 Å². The Balaban J connectivity index is 1.36. The minimum atomic E-state index is -3.65. The van der Waals surface area contributed by atoms with Crippen molar-refractivity contribution >= 4 is 0 Å². The van der Waals surface area contributed by atoms with Crippen molar-refractivity contribution in [2.24, 2.45) is 23.7 Å². The lowest BCUT2D eigenvalue weighted by atomic mass is 9.71. The molecule has 0 bridgehead atoms. The van der Waals surface area contributed by atoms with Crippen molar-refractivity contribution in [3.8, 4) is 16.9 Å². The smallest absolute Gasteiger partial charge is 0.400 e. The van der Waals surface area contributed by atoms with E-state index in [1.54, 1.807) is 0 Å². The molecule has 1 fully saturated rings. The highest BCUT2D eigenvalue weighted by atomic mass is 19.3. The number of allylic oxidation sites excluding steroid dienone is 2. The SMILES string of the molecule is CCCCCC1C=CC(C2CCC(C(F)(F)Oc3cc(F)c(-c4cc(F)c(F)c(F)c4)c(F)c3)CC2)CC1. The molecule has 0 spiro atoms. The van der Waals surface area contributed by atoms with Crippen LogP contribution in [-0.2, 0) is 0 Å². The Bertz CT molecular complexity index is 1090. The number of ether oxygens (including phenoxy) is 1. The number of rotatable bonds is 9. The van der Waals surface area contributed by atoms with Gasteiger partial charge in [-0.25, -0.2) is 22.0 Å². The van der Waals surface area contributed by atoms with E-state index in [1.165, 1.54) is 25.7 Å². The Morgan fingerprint density at radius 3 is 1.95 bits per heavy atom. The van der Waals surface area contributed by atoms with Crippen LogP contribution in [0.15, 0.2) is 36.4 Å². The maximum absolute atomic E-state index is 15.0. The monoisotopic (exact) mass is 542 g/mol. The van der Waals surface area contributed by atoms with Gasteiger partial charge in [0.05, 0.1) is 11.5 Å². The van der Waals surface area contributed by atoms with Crippen molar-refractivity contribution in [2.45, 2.75) is 77.2 Å². The Morgan fingerprint density at radius 2 is 1.39 bits per heavy atom. The molecule has 0 radical (unpaired) electrons. The molecule has 2 atom stereocenters. The summed E-state index contributed by atoms with van der Waals surface area (Å²) in [5.41, 5.74) is -1.47. The van der Waals surface area contributed by atoms with E-state index in [4.69, 9.17) is 4.74 Å². The summed E-state index contributed by atoms with van der Waals surface area (Å²) in [6.07, 6.45) is 9.73. The minimum absolute atomic E-state index is 0.235. The topological polar surface area (TPSA) is 9.23 Å². The van der Waals surface area contributed by atoms with Gasteiger partial charge in [-0.15, -0.1) is 0 Å². The van der Waals surface area contributed by atoms with Crippen molar-refractivity contribution in [1.29, 1.82) is 0 Å². The zero-order valence-electron chi connectivity index (χ0n) is 21.4. The highest BCUT2D eigenvalue weighted by molar-refractivity contribution is 5.66. The second-order valence-corrected chi connectivity index (χ2v) is 10.7. The van der Waals surface area contributed by atoms with Crippen molar-refractivity contribution in [1.82, 2.24) is 0 Å². The van der Waals surface area contributed by atoms with E-state index < -0.39 is 58.0 Å². The molecule has 0 amide bonds. The lowest BCUT2D eigenvalue weighted by Gasteiger charge is -2.37. The van der Waals surface area contributed by atoms with Gasteiger partial charge in [-0.1, -0.05) is 38.3 Å². The molecule has 0 saturated heterocycles. The van der Waals surface area contributed by atoms with Crippen molar-refractivity contribution < 1.29 is 35.5 Å². The summed E-state index contributed by atoms with van der Waals surface area (Å²) in [4.78, 5) is 0. The normalized spacial score (nSPS) is 24.0. The lowest BCUT2D eigenvalue weighted by Crippen LogP contribution is -2.38. The van der Waals surface area contributed by atoms with Gasteiger partial charge in [0.15, 0.2) is 17.5 Å². The number of halogens is 7. The van der Waals surface area contributed by atoms with Crippen molar-refractivity contribution in [2.75, 3.05) is 0 Å². The van der Waals surface area contributed by atoms with Gasteiger partial charge in [0, 0.05) is 12.1 Å². The summed E-state index contributed by atoms with van der Waals surface area (Å²) < 4.78 is 104. The molecular formula is C30H33F7O. The average molecular weight is 543 g/mol. The molecule has 2 aromatic rings. The first-order chi connectivity index (χ1) is 18.1. The van der Waals surface area contributed by atoms with E-state index in [2.05, 4.69) is 19.1 Å². The van der Waals surface area contributed by atoms with E-state index in [9.17, 15) is 30.7 Å². The molecule has 2 aromatic carbocycles. The van der Waals surface area contributed by atoms with Crippen LogP contribution in [0.4, 0.5) is 30.7 Å². The molecule has 8 heteroatoms. The molecule has 1 nitrogen and oxygen atoms in total. The summed E-state index contributed by atoms with van der Waals surface area (Å²) in [6, 6.07) is 1.95. The second-order valence-electron chi connectivity index (χ2n) is 10.7. The van der Waals surface area contributed by atoms with Crippen LogP contribution in [-0.4, -0.2) is 6.11 Å². The summed E-state index contributed by atoms with van der Waals surface area (Å²) in [5.74, 6) is -8.25. The fourth-order valence-electron chi connectivity index (χ4n) is 5.90. The number of benzene rings is 2. The number of unbranched alkanes of at least 4 members (excludes halogenated alkanes) is 2. The molecule has 208 valence electrons. The highest BCUT2D eigenvalue weighted by Gasteiger charge is 2.45. The predicted molar refractivity (Wildman–Crippen MR) is 132 cm³/mol. The maximum atomic E-state index is 15.0. The lowest BCUT2D eigenvalue weighted by molar-refractivity contribution is -0.224. The Morgan fingerprint density at radius 1 is 0.763 bits per heavy atom. The summed E-state index contributed by atoms with van der Waals surface area (Å²) in [7, 11) is 0. The summed E-state index contributed by atoms with van der Waals surface area (Å²) in [5, 5.41) is 0. The number of hydrogen-bond donors (Lipinski definition) is 0. The van der Waals surface area contributed by atoms with Gasteiger partial charge >= 0.3 is 6.11 Å². The van der Waals surface area contributed by atoms with E-state index in [1.807, 2.05) is 0 Å². The van der Waals surface area contributed by atoms with Gasteiger partial charge in [0.1, 0.15) is 17.4 Å². The molecule has 0 heterocycles. The number of hydrogen-bond acceptors (Lipinski definition) is 1. The van der Waals surface area contributed by atoms with Crippen LogP contribution in [0.1, 0.15) is 71.1 Å². The standard InChI is InChI=1S/C30H33F7O/c1-2-3-4-5-18-6-8-19(9-7-18)20-10-12-22(13-11-20)30(36,37)38-23-16-24(31)28(25(32)17-23)21-14-26(33)29(35)27(34)15-21/h6,8,14-20,22H,2-5,7,9-13H2,1H3. The molecule has 1 saturated carbocycles. The third-order valence-electron chi connectivity index (χ3n) is 8.07. The third-order valence-corrected chi connectivity index (χ3v) is 8.07. The zero-order chi connectivity index (χ0) is 27.4. The molecule has 0 aliphatic heterocycles. The van der Waals surface area contributed by atoms with Gasteiger partial charge in [-0.05, 0) is 80.4 Å². The van der Waals surface area contributed by atoms with E-state index >= 15 is 0 Å². The van der Waals surface area contributed by atoms with Crippen LogP contribution in [0.5, 0.6) is 5.75 Å².